The molecule has 2 N–H and O–H groups in total. The highest BCUT2D eigenvalue weighted by Crippen LogP contribution is 2.24. The first-order valence-corrected chi connectivity index (χ1v) is 12.1. The van der Waals surface area contributed by atoms with Gasteiger partial charge >= 0.3 is 5.97 Å². The molecule has 1 saturated heterocycles. The molecule has 0 unspecified atom stereocenters. The van der Waals surface area contributed by atoms with Gasteiger partial charge in [0.25, 0.3) is 0 Å². The Kier molecular flexibility index (Phi) is 8.18. The molecule has 1 atom stereocenters. The van der Waals surface area contributed by atoms with Crippen LogP contribution in [0.25, 0.3) is 0 Å². The molecule has 0 saturated carbocycles. The minimum atomic E-state index is -3.85. The van der Waals surface area contributed by atoms with E-state index in [1.807, 2.05) is 4.90 Å². The van der Waals surface area contributed by atoms with Gasteiger partial charge in [-0.3, -0.25) is 9.69 Å². The first-order chi connectivity index (χ1) is 14.8. The molecular formula is C21H24Cl2N2O5S. The van der Waals surface area contributed by atoms with Crippen molar-refractivity contribution in [2.75, 3.05) is 19.6 Å². The Morgan fingerprint density at radius 1 is 1.06 bits per heavy atom. The van der Waals surface area contributed by atoms with Gasteiger partial charge in [-0.2, -0.15) is 0 Å². The smallest absolute Gasteiger partial charge is 0.322 e. The molecule has 168 valence electrons. The van der Waals surface area contributed by atoms with E-state index in [2.05, 4.69) is 4.72 Å². The van der Waals surface area contributed by atoms with Crippen LogP contribution >= 0.6 is 23.2 Å². The van der Waals surface area contributed by atoms with Crippen LogP contribution in [0, 0.1) is 0 Å². The number of rotatable bonds is 9. The highest BCUT2D eigenvalue weighted by molar-refractivity contribution is 7.89. The summed E-state index contributed by atoms with van der Waals surface area (Å²) in [6.45, 7) is 1.37. The Labute approximate surface area is 192 Å². The summed E-state index contributed by atoms with van der Waals surface area (Å²) < 4.78 is 33.3. The zero-order chi connectivity index (χ0) is 22.4. The second kappa shape index (κ2) is 10.7. The summed E-state index contributed by atoms with van der Waals surface area (Å²) in [6, 6.07) is 10.2. The van der Waals surface area contributed by atoms with Crippen LogP contribution in [0.15, 0.2) is 47.4 Å². The van der Waals surface area contributed by atoms with Crippen LogP contribution in [0.1, 0.15) is 24.8 Å². The Morgan fingerprint density at radius 3 is 2.35 bits per heavy atom. The molecule has 2 aromatic carbocycles. The standard InChI is InChI=1S/C21H24Cl2N2O5S/c22-18-9-4-15(12-19(18)23)14-30-16-5-7-17(8-6-16)31(28,29)24-13-20(21(26)27)25-10-2-1-3-11-25/h4-9,12,20,24H,1-3,10-11,13-14H2,(H,26,27)/t20-/m0/s1. The van der Waals surface area contributed by atoms with Gasteiger partial charge in [-0.05, 0) is 67.9 Å². The largest absolute Gasteiger partial charge is 0.489 e. The van der Waals surface area contributed by atoms with E-state index in [0.29, 0.717) is 28.9 Å². The summed E-state index contributed by atoms with van der Waals surface area (Å²) >= 11 is 11.9. The molecule has 2 aromatic rings. The van der Waals surface area contributed by atoms with Crippen molar-refractivity contribution in [3.05, 3.63) is 58.1 Å². The van der Waals surface area contributed by atoms with Crippen LogP contribution in [0.2, 0.25) is 10.0 Å². The van der Waals surface area contributed by atoms with Crippen molar-refractivity contribution < 1.29 is 23.1 Å². The van der Waals surface area contributed by atoms with Gasteiger partial charge in [-0.25, -0.2) is 13.1 Å². The predicted molar refractivity (Wildman–Crippen MR) is 119 cm³/mol. The van der Waals surface area contributed by atoms with Crippen LogP contribution in [0.3, 0.4) is 0 Å². The third-order valence-corrected chi connectivity index (χ3v) is 7.29. The number of sulfonamides is 1. The molecule has 0 aromatic heterocycles. The number of carbonyl (C=O) groups is 1. The Bertz CT molecular complexity index is 1010. The summed E-state index contributed by atoms with van der Waals surface area (Å²) in [4.78, 5) is 13.5. The summed E-state index contributed by atoms with van der Waals surface area (Å²) in [5.74, 6) is -0.544. The number of piperidine rings is 1. The highest BCUT2D eigenvalue weighted by atomic mass is 35.5. The molecule has 0 spiro atoms. The van der Waals surface area contributed by atoms with E-state index in [4.69, 9.17) is 27.9 Å². The topological polar surface area (TPSA) is 95.9 Å². The number of carboxylic acid groups (broad SMARTS) is 1. The number of ether oxygens (including phenoxy) is 1. The predicted octanol–water partition coefficient (Wildman–Crippen LogP) is 3.79. The maximum absolute atomic E-state index is 12.6. The monoisotopic (exact) mass is 486 g/mol. The van der Waals surface area contributed by atoms with Crippen molar-refractivity contribution in [2.45, 2.75) is 36.8 Å². The third-order valence-electron chi connectivity index (χ3n) is 5.11. The quantitative estimate of drug-likeness (QED) is 0.559. The van der Waals surface area contributed by atoms with Gasteiger partial charge in [0.05, 0.1) is 14.9 Å². The van der Waals surface area contributed by atoms with Crippen LogP contribution in [0.4, 0.5) is 0 Å². The van der Waals surface area contributed by atoms with Crippen molar-refractivity contribution >= 4 is 39.2 Å². The number of likely N-dealkylation sites (tertiary alicyclic amines) is 1. The van der Waals surface area contributed by atoms with Gasteiger partial charge in [-0.1, -0.05) is 35.7 Å². The minimum absolute atomic E-state index is 0.0390. The minimum Gasteiger partial charge on any atom is -0.489 e. The third kappa shape index (κ3) is 6.57. The fourth-order valence-electron chi connectivity index (χ4n) is 3.39. The highest BCUT2D eigenvalue weighted by Gasteiger charge is 2.28. The second-order valence-electron chi connectivity index (χ2n) is 7.31. The van der Waals surface area contributed by atoms with Crippen molar-refractivity contribution in [1.29, 1.82) is 0 Å². The zero-order valence-corrected chi connectivity index (χ0v) is 19.1. The van der Waals surface area contributed by atoms with Crippen LogP contribution in [0.5, 0.6) is 5.75 Å². The van der Waals surface area contributed by atoms with Crippen LogP contribution < -0.4 is 9.46 Å². The molecular weight excluding hydrogens is 463 g/mol. The van der Waals surface area contributed by atoms with Crippen molar-refractivity contribution in [1.82, 2.24) is 9.62 Å². The number of benzene rings is 2. The van der Waals surface area contributed by atoms with E-state index in [1.54, 1.807) is 30.3 Å². The molecule has 1 aliphatic rings. The van der Waals surface area contributed by atoms with Crippen LogP contribution in [-0.4, -0.2) is 50.1 Å². The molecule has 0 amide bonds. The normalized spacial score (nSPS) is 16.1. The first kappa shape index (κ1) is 23.8. The number of aliphatic carboxylic acids is 1. The Hall–Kier alpha value is -1.84. The van der Waals surface area contributed by atoms with Gasteiger partial charge in [0.1, 0.15) is 18.4 Å². The average Bonchev–Trinajstić information content (AvgIpc) is 2.75. The van der Waals surface area contributed by atoms with Crippen molar-refractivity contribution in [3.63, 3.8) is 0 Å². The number of hydrogen-bond acceptors (Lipinski definition) is 5. The molecule has 10 heteroatoms. The second-order valence-corrected chi connectivity index (χ2v) is 9.89. The molecule has 7 nitrogen and oxygen atoms in total. The van der Waals surface area contributed by atoms with E-state index in [-0.39, 0.29) is 18.0 Å². The lowest BCUT2D eigenvalue weighted by Gasteiger charge is -2.31. The summed E-state index contributed by atoms with van der Waals surface area (Å²) in [5.41, 5.74) is 0.824. The van der Waals surface area contributed by atoms with Gasteiger partial charge < -0.3 is 9.84 Å². The molecule has 1 heterocycles. The summed E-state index contributed by atoms with van der Waals surface area (Å²) in [6.07, 6.45) is 2.90. The van der Waals surface area contributed by atoms with E-state index >= 15 is 0 Å². The lowest BCUT2D eigenvalue weighted by Crippen LogP contribution is -2.50. The van der Waals surface area contributed by atoms with Gasteiger partial charge in [-0.15, -0.1) is 0 Å². The molecule has 0 radical (unpaired) electrons. The fourth-order valence-corrected chi connectivity index (χ4v) is 4.74. The van der Waals surface area contributed by atoms with E-state index in [9.17, 15) is 18.3 Å². The Morgan fingerprint density at radius 2 is 1.74 bits per heavy atom. The first-order valence-electron chi connectivity index (χ1n) is 9.89. The number of nitrogens with one attached hydrogen (secondary N) is 1. The number of halogens is 2. The molecule has 1 fully saturated rings. The van der Waals surface area contributed by atoms with Crippen molar-refractivity contribution in [2.24, 2.45) is 0 Å². The van der Waals surface area contributed by atoms with Crippen molar-refractivity contribution in [3.8, 4) is 5.75 Å². The van der Waals surface area contributed by atoms with E-state index in [0.717, 1.165) is 24.8 Å². The maximum atomic E-state index is 12.6. The average molecular weight is 487 g/mol. The van der Waals surface area contributed by atoms with Gasteiger partial charge in [0.2, 0.25) is 10.0 Å². The summed E-state index contributed by atoms with van der Waals surface area (Å²) in [5, 5.41) is 10.4. The number of hydrogen-bond donors (Lipinski definition) is 2. The molecule has 3 rings (SSSR count). The SMILES string of the molecule is O=C(O)[C@H](CNS(=O)(=O)c1ccc(OCc2ccc(Cl)c(Cl)c2)cc1)N1CCCCC1. The molecule has 0 bridgehead atoms. The lowest BCUT2D eigenvalue weighted by molar-refractivity contribution is -0.143. The molecule has 0 aliphatic carbocycles. The zero-order valence-electron chi connectivity index (χ0n) is 16.8. The van der Waals surface area contributed by atoms with E-state index < -0.39 is 22.0 Å². The Balaban J connectivity index is 1.59. The van der Waals surface area contributed by atoms with Gasteiger partial charge in [0.15, 0.2) is 0 Å². The lowest BCUT2D eigenvalue weighted by atomic mass is 10.1. The fraction of sp³-hybridized carbons (Fsp3) is 0.381. The molecule has 1 aliphatic heterocycles. The molecule has 31 heavy (non-hydrogen) atoms. The van der Waals surface area contributed by atoms with Gasteiger partial charge in [0, 0.05) is 6.54 Å². The van der Waals surface area contributed by atoms with Crippen LogP contribution in [-0.2, 0) is 21.4 Å². The summed E-state index contributed by atoms with van der Waals surface area (Å²) in [7, 11) is -3.85. The number of nitrogens with zero attached hydrogens (tertiary/aromatic N) is 1. The maximum Gasteiger partial charge on any atom is 0.322 e. The van der Waals surface area contributed by atoms with E-state index in [1.165, 1.54) is 12.1 Å². The number of carboxylic acids is 1.